The Kier molecular flexibility index (Phi) is 9.52. The van der Waals surface area contributed by atoms with E-state index in [1.807, 2.05) is 6.07 Å². The maximum atomic E-state index is 13.6. The SMILES string of the molecule is CC=O.Cc1ccc(NC(=O)[C@@H]2CN(C)CCC2c2nnc(CCC3CCCCC3)n2C2CC2)c(C)c1. The third-order valence-electron chi connectivity index (χ3n) is 8.33. The Bertz CT molecular complexity index is 1050. The van der Waals surface area contributed by atoms with Crippen LogP contribution in [0.1, 0.15) is 99.4 Å². The number of anilines is 1. The largest absolute Gasteiger partial charge is 0.326 e. The number of rotatable bonds is 7. The molecule has 7 heteroatoms. The Morgan fingerprint density at radius 1 is 1.08 bits per heavy atom. The Balaban J connectivity index is 0.00000102. The molecule has 1 aromatic heterocycles. The molecule has 2 saturated carbocycles. The number of carbonyl (C=O) groups excluding carboxylic acids is 2. The second kappa shape index (κ2) is 12.8. The third-order valence-corrected chi connectivity index (χ3v) is 8.33. The number of benzene rings is 1. The number of nitrogens with one attached hydrogen (secondary N) is 1. The summed E-state index contributed by atoms with van der Waals surface area (Å²) in [4.78, 5) is 24.7. The Hall–Kier alpha value is -2.54. The van der Waals surface area contributed by atoms with Gasteiger partial charge in [-0.3, -0.25) is 4.79 Å². The predicted molar refractivity (Wildman–Crippen MR) is 148 cm³/mol. The lowest BCUT2D eigenvalue weighted by Gasteiger charge is -2.35. The van der Waals surface area contributed by atoms with Gasteiger partial charge in [0.15, 0.2) is 0 Å². The first-order valence-electron chi connectivity index (χ1n) is 14.3. The number of aldehydes is 1. The van der Waals surface area contributed by atoms with E-state index >= 15 is 0 Å². The molecule has 0 bridgehead atoms. The standard InChI is InChI=1S/C28H41N5O.C2H4O/c1-19-9-13-25(20(2)17-19)29-28(34)24-18-32(3)16-15-23(24)27-31-30-26(33(27)22-11-12-22)14-10-21-7-5-4-6-8-21;1-2-3/h9,13,17,21-24H,4-8,10-12,14-16,18H2,1-3H3,(H,29,34);2H,1H3/t23?,24-;/m1./s1. The molecule has 1 saturated heterocycles. The lowest BCUT2D eigenvalue weighted by molar-refractivity contribution is -0.122. The number of aryl methyl sites for hydroxylation is 3. The van der Waals surface area contributed by atoms with E-state index in [0.29, 0.717) is 6.04 Å². The van der Waals surface area contributed by atoms with Crippen LogP contribution in [0.25, 0.3) is 0 Å². The zero-order valence-electron chi connectivity index (χ0n) is 23.2. The Morgan fingerprint density at radius 3 is 2.49 bits per heavy atom. The molecule has 2 atom stereocenters. The average molecular weight is 508 g/mol. The molecular formula is C30H45N5O2. The van der Waals surface area contributed by atoms with Crippen molar-refractivity contribution in [2.24, 2.45) is 11.8 Å². The molecule has 2 aromatic rings. The fourth-order valence-corrected chi connectivity index (χ4v) is 6.17. The number of aromatic nitrogens is 3. The first-order valence-corrected chi connectivity index (χ1v) is 14.3. The topological polar surface area (TPSA) is 80.1 Å². The van der Waals surface area contributed by atoms with Crippen LogP contribution < -0.4 is 5.32 Å². The van der Waals surface area contributed by atoms with Gasteiger partial charge in [-0.15, -0.1) is 10.2 Å². The summed E-state index contributed by atoms with van der Waals surface area (Å²) in [6.07, 6.45) is 13.3. The number of nitrogens with zero attached hydrogens (tertiary/aromatic N) is 4. The molecule has 5 rings (SSSR count). The highest BCUT2D eigenvalue weighted by Gasteiger charge is 2.40. The number of hydrogen-bond acceptors (Lipinski definition) is 5. The molecule has 202 valence electrons. The van der Waals surface area contributed by atoms with Crippen molar-refractivity contribution in [1.82, 2.24) is 19.7 Å². The van der Waals surface area contributed by atoms with Gasteiger partial charge in [-0.1, -0.05) is 49.8 Å². The molecule has 1 aliphatic heterocycles. The molecular weight excluding hydrogens is 462 g/mol. The number of piperidine rings is 1. The monoisotopic (exact) mass is 507 g/mol. The molecule has 3 aliphatic rings. The number of amides is 1. The van der Waals surface area contributed by atoms with Gasteiger partial charge in [0.2, 0.25) is 5.91 Å². The highest BCUT2D eigenvalue weighted by atomic mass is 16.2. The summed E-state index contributed by atoms with van der Waals surface area (Å²) in [5.41, 5.74) is 3.24. The highest BCUT2D eigenvalue weighted by Crippen LogP contribution is 2.42. The minimum atomic E-state index is -0.118. The maximum Gasteiger partial charge on any atom is 0.229 e. The summed E-state index contributed by atoms with van der Waals surface area (Å²) in [6.45, 7) is 7.35. The lowest BCUT2D eigenvalue weighted by Crippen LogP contribution is -2.43. The second-order valence-corrected chi connectivity index (χ2v) is 11.4. The molecule has 3 fully saturated rings. The van der Waals surface area contributed by atoms with Crippen LogP contribution in [0.5, 0.6) is 0 Å². The van der Waals surface area contributed by atoms with Crippen molar-refractivity contribution in [3.8, 4) is 0 Å². The summed E-state index contributed by atoms with van der Waals surface area (Å²) < 4.78 is 2.45. The van der Waals surface area contributed by atoms with Gasteiger partial charge in [-0.25, -0.2) is 0 Å². The summed E-state index contributed by atoms with van der Waals surface area (Å²) in [6, 6.07) is 6.76. The number of likely N-dealkylation sites (tertiary alicyclic amines) is 1. The predicted octanol–water partition coefficient (Wildman–Crippen LogP) is 5.62. The van der Waals surface area contributed by atoms with Gasteiger partial charge in [0.1, 0.15) is 17.9 Å². The molecule has 2 aliphatic carbocycles. The Morgan fingerprint density at radius 2 is 1.81 bits per heavy atom. The van der Waals surface area contributed by atoms with Crippen molar-refractivity contribution in [2.75, 3.05) is 25.5 Å². The molecule has 1 unspecified atom stereocenters. The normalized spacial score (nSPS) is 22.7. The van der Waals surface area contributed by atoms with Gasteiger partial charge >= 0.3 is 0 Å². The van der Waals surface area contributed by atoms with Gasteiger partial charge in [0, 0.05) is 30.6 Å². The van der Waals surface area contributed by atoms with Crippen LogP contribution in [0.4, 0.5) is 5.69 Å². The second-order valence-electron chi connectivity index (χ2n) is 11.4. The fraction of sp³-hybridized carbons (Fsp3) is 0.667. The molecule has 0 spiro atoms. The van der Waals surface area contributed by atoms with Crippen molar-refractivity contribution >= 4 is 17.9 Å². The van der Waals surface area contributed by atoms with E-state index in [0.717, 1.165) is 61.0 Å². The zero-order valence-corrected chi connectivity index (χ0v) is 23.2. The van der Waals surface area contributed by atoms with E-state index in [9.17, 15) is 4.79 Å². The van der Waals surface area contributed by atoms with Gasteiger partial charge in [0.05, 0.1) is 5.92 Å². The third kappa shape index (κ3) is 7.07. The minimum Gasteiger partial charge on any atom is -0.326 e. The van der Waals surface area contributed by atoms with E-state index in [1.165, 1.54) is 63.9 Å². The lowest BCUT2D eigenvalue weighted by atomic mass is 9.84. The van der Waals surface area contributed by atoms with Crippen LogP contribution in [-0.2, 0) is 16.0 Å². The van der Waals surface area contributed by atoms with Crippen LogP contribution in [0, 0.1) is 25.7 Å². The Labute approximate surface area is 222 Å². The highest BCUT2D eigenvalue weighted by molar-refractivity contribution is 5.94. The number of hydrogen-bond donors (Lipinski definition) is 1. The van der Waals surface area contributed by atoms with E-state index < -0.39 is 0 Å². The van der Waals surface area contributed by atoms with Crippen LogP contribution in [0.15, 0.2) is 18.2 Å². The van der Waals surface area contributed by atoms with Crippen LogP contribution >= 0.6 is 0 Å². The number of carbonyl (C=O) groups is 2. The molecule has 1 aromatic carbocycles. The van der Waals surface area contributed by atoms with Crippen molar-refractivity contribution in [1.29, 1.82) is 0 Å². The molecule has 0 radical (unpaired) electrons. The first kappa shape index (κ1) is 27.5. The zero-order chi connectivity index (χ0) is 26.4. The van der Waals surface area contributed by atoms with E-state index in [4.69, 9.17) is 15.0 Å². The van der Waals surface area contributed by atoms with Gasteiger partial charge < -0.3 is 19.6 Å². The van der Waals surface area contributed by atoms with E-state index in [-0.39, 0.29) is 17.7 Å². The first-order chi connectivity index (χ1) is 17.9. The van der Waals surface area contributed by atoms with Gasteiger partial charge in [0.25, 0.3) is 0 Å². The van der Waals surface area contributed by atoms with Crippen LogP contribution in [-0.4, -0.2) is 52.0 Å². The summed E-state index contributed by atoms with van der Waals surface area (Å²) in [7, 11) is 2.12. The smallest absolute Gasteiger partial charge is 0.229 e. The summed E-state index contributed by atoms with van der Waals surface area (Å²) in [5.74, 6) is 3.19. The van der Waals surface area contributed by atoms with Crippen LogP contribution in [0.2, 0.25) is 0 Å². The van der Waals surface area contributed by atoms with E-state index in [2.05, 4.69) is 47.8 Å². The quantitative estimate of drug-likeness (QED) is 0.492. The van der Waals surface area contributed by atoms with Crippen molar-refractivity contribution in [2.45, 2.75) is 96.9 Å². The molecule has 1 amide bonds. The van der Waals surface area contributed by atoms with Gasteiger partial charge in [-0.2, -0.15) is 0 Å². The minimum absolute atomic E-state index is 0.109. The molecule has 2 heterocycles. The van der Waals surface area contributed by atoms with Crippen molar-refractivity contribution in [3.63, 3.8) is 0 Å². The summed E-state index contributed by atoms with van der Waals surface area (Å²) >= 11 is 0. The van der Waals surface area contributed by atoms with Crippen molar-refractivity contribution < 1.29 is 9.59 Å². The summed E-state index contributed by atoms with van der Waals surface area (Å²) in [5, 5.41) is 12.7. The van der Waals surface area contributed by atoms with Crippen molar-refractivity contribution in [3.05, 3.63) is 41.0 Å². The fourth-order valence-electron chi connectivity index (χ4n) is 6.17. The maximum absolute atomic E-state index is 13.6. The van der Waals surface area contributed by atoms with Gasteiger partial charge in [-0.05, 0) is 77.6 Å². The average Bonchev–Trinajstić information content (AvgIpc) is 3.64. The van der Waals surface area contributed by atoms with E-state index in [1.54, 1.807) is 0 Å². The molecule has 7 nitrogen and oxygen atoms in total. The van der Waals surface area contributed by atoms with Crippen LogP contribution in [0.3, 0.4) is 0 Å². The molecule has 37 heavy (non-hydrogen) atoms. The molecule has 1 N–H and O–H groups in total.